The minimum absolute atomic E-state index is 0.00959. The summed E-state index contributed by atoms with van der Waals surface area (Å²) in [5, 5.41) is 11.0. The fourth-order valence-corrected chi connectivity index (χ4v) is 1.97. The zero-order chi connectivity index (χ0) is 14.4. The molecule has 1 rings (SSSR count). The van der Waals surface area contributed by atoms with Gasteiger partial charge in [0.1, 0.15) is 0 Å². The maximum atomic E-state index is 11.0. The lowest BCUT2D eigenvalue weighted by molar-refractivity contribution is -0.385. The summed E-state index contributed by atoms with van der Waals surface area (Å²) in [4.78, 5) is 10.5. The standard InChI is InChI=1S/C13H18ClNO4/c1-4-10(5-2)19-13-7-11(15(16)17)9(8-14)6-12(13)18-3/h6-7,10H,4-5,8H2,1-3H3. The molecule has 0 radical (unpaired) electrons. The zero-order valence-corrected chi connectivity index (χ0v) is 12.1. The average Bonchev–Trinajstić information content (AvgIpc) is 2.43. The van der Waals surface area contributed by atoms with Gasteiger partial charge in [-0.2, -0.15) is 0 Å². The molecule has 6 heteroatoms. The van der Waals surface area contributed by atoms with Crippen molar-refractivity contribution < 1.29 is 14.4 Å². The average molecular weight is 288 g/mol. The van der Waals surface area contributed by atoms with Crippen LogP contribution in [0.5, 0.6) is 11.5 Å². The van der Waals surface area contributed by atoms with Crippen molar-refractivity contribution in [2.75, 3.05) is 7.11 Å². The molecule has 0 amide bonds. The number of hydrogen-bond acceptors (Lipinski definition) is 4. The van der Waals surface area contributed by atoms with Crippen molar-refractivity contribution in [3.05, 3.63) is 27.8 Å². The number of hydrogen-bond donors (Lipinski definition) is 0. The molecular formula is C13H18ClNO4. The van der Waals surface area contributed by atoms with Crippen LogP contribution in [0.15, 0.2) is 12.1 Å². The van der Waals surface area contributed by atoms with Crippen molar-refractivity contribution in [2.45, 2.75) is 38.7 Å². The van der Waals surface area contributed by atoms with Gasteiger partial charge in [0.15, 0.2) is 11.5 Å². The van der Waals surface area contributed by atoms with Crippen LogP contribution in [0.2, 0.25) is 0 Å². The van der Waals surface area contributed by atoms with Gasteiger partial charge in [-0.3, -0.25) is 10.1 Å². The minimum Gasteiger partial charge on any atom is -0.493 e. The van der Waals surface area contributed by atoms with Crippen molar-refractivity contribution in [1.82, 2.24) is 0 Å². The van der Waals surface area contributed by atoms with E-state index in [4.69, 9.17) is 21.1 Å². The summed E-state index contributed by atoms with van der Waals surface area (Å²) in [5.74, 6) is 0.905. The maximum Gasteiger partial charge on any atom is 0.277 e. The molecule has 106 valence electrons. The third-order valence-corrected chi connectivity index (χ3v) is 3.20. The lowest BCUT2D eigenvalue weighted by Gasteiger charge is -2.18. The Morgan fingerprint density at radius 3 is 2.37 bits per heavy atom. The molecule has 0 atom stereocenters. The van der Waals surface area contributed by atoms with Crippen LogP contribution in [0.3, 0.4) is 0 Å². The van der Waals surface area contributed by atoms with Gasteiger partial charge in [0.2, 0.25) is 0 Å². The number of ether oxygens (including phenoxy) is 2. The molecule has 5 nitrogen and oxygen atoms in total. The second kappa shape index (κ2) is 7.19. The van der Waals surface area contributed by atoms with E-state index < -0.39 is 4.92 Å². The van der Waals surface area contributed by atoms with Crippen molar-refractivity contribution >= 4 is 17.3 Å². The maximum absolute atomic E-state index is 11.0. The van der Waals surface area contributed by atoms with E-state index in [9.17, 15) is 10.1 Å². The van der Waals surface area contributed by atoms with E-state index in [1.807, 2.05) is 13.8 Å². The number of alkyl halides is 1. The first-order valence-electron chi connectivity index (χ1n) is 6.15. The van der Waals surface area contributed by atoms with Crippen molar-refractivity contribution in [3.63, 3.8) is 0 Å². The molecule has 0 N–H and O–H groups in total. The van der Waals surface area contributed by atoms with E-state index in [1.165, 1.54) is 13.2 Å². The Morgan fingerprint density at radius 1 is 1.32 bits per heavy atom. The summed E-state index contributed by atoms with van der Waals surface area (Å²) in [7, 11) is 1.50. The Morgan fingerprint density at radius 2 is 1.95 bits per heavy atom. The van der Waals surface area contributed by atoms with Crippen molar-refractivity contribution in [1.29, 1.82) is 0 Å². The van der Waals surface area contributed by atoms with Crippen molar-refractivity contribution in [2.24, 2.45) is 0 Å². The summed E-state index contributed by atoms with van der Waals surface area (Å²) < 4.78 is 11.0. The van der Waals surface area contributed by atoms with Gasteiger partial charge in [0, 0.05) is 5.56 Å². The number of nitrogens with zero attached hydrogens (tertiary/aromatic N) is 1. The van der Waals surface area contributed by atoms with Crippen LogP contribution in [0.25, 0.3) is 0 Å². The summed E-state index contributed by atoms with van der Waals surface area (Å²) in [6, 6.07) is 2.94. The van der Waals surface area contributed by atoms with Gasteiger partial charge < -0.3 is 9.47 Å². The molecule has 0 aliphatic carbocycles. The van der Waals surface area contributed by atoms with E-state index in [-0.39, 0.29) is 17.7 Å². The second-order valence-electron chi connectivity index (χ2n) is 4.08. The number of benzene rings is 1. The van der Waals surface area contributed by atoms with Gasteiger partial charge >= 0.3 is 0 Å². The van der Waals surface area contributed by atoms with Gasteiger partial charge in [-0.1, -0.05) is 13.8 Å². The summed E-state index contributed by atoms with van der Waals surface area (Å²) in [5.41, 5.74) is 0.372. The van der Waals surface area contributed by atoms with E-state index >= 15 is 0 Å². The molecule has 0 aromatic heterocycles. The lowest BCUT2D eigenvalue weighted by atomic mass is 10.1. The third kappa shape index (κ3) is 3.73. The molecule has 1 aromatic carbocycles. The van der Waals surface area contributed by atoms with Gasteiger partial charge in [-0.05, 0) is 18.9 Å². The molecule has 0 aliphatic heterocycles. The molecular weight excluding hydrogens is 270 g/mol. The number of halogens is 1. The van der Waals surface area contributed by atoms with Gasteiger partial charge in [0.25, 0.3) is 5.69 Å². The smallest absolute Gasteiger partial charge is 0.277 e. The van der Waals surface area contributed by atoms with E-state index in [1.54, 1.807) is 6.07 Å². The minimum atomic E-state index is -0.461. The second-order valence-corrected chi connectivity index (χ2v) is 4.35. The first-order valence-corrected chi connectivity index (χ1v) is 6.68. The highest BCUT2D eigenvalue weighted by molar-refractivity contribution is 6.17. The highest BCUT2D eigenvalue weighted by Gasteiger charge is 2.20. The predicted molar refractivity (Wildman–Crippen MR) is 74.2 cm³/mol. The molecule has 0 aliphatic rings. The Balaban J connectivity index is 3.21. The Labute approximate surface area is 117 Å². The van der Waals surface area contributed by atoms with Gasteiger partial charge in [-0.25, -0.2) is 0 Å². The Kier molecular flexibility index (Phi) is 5.89. The van der Waals surface area contributed by atoms with Crippen LogP contribution in [-0.2, 0) is 5.88 Å². The first-order chi connectivity index (χ1) is 9.07. The van der Waals surface area contributed by atoms with E-state index in [2.05, 4.69) is 0 Å². The van der Waals surface area contributed by atoms with Crippen LogP contribution in [0, 0.1) is 10.1 Å². The molecule has 1 aromatic rings. The monoisotopic (exact) mass is 287 g/mol. The topological polar surface area (TPSA) is 61.6 Å². The SMILES string of the molecule is CCC(CC)Oc1cc([N+](=O)[O-])c(CCl)cc1OC. The Bertz CT molecular complexity index is 447. The fraction of sp³-hybridized carbons (Fsp3) is 0.538. The number of methoxy groups -OCH3 is 1. The highest BCUT2D eigenvalue weighted by Crippen LogP contribution is 2.36. The quantitative estimate of drug-likeness (QED) is 0.433. The lowest BCUT2D eigenvalue weighted by Crippen LogP contribution is -2.14. The van der Waals surface area contributed by atoms with Gasteiger partial charge in [0.05, 0.1) is 30.1 Å². The predicted octanol–water partition coefficient (Wildman–Crippen LogP) is 3.91. The van der Waals surface area contributed by atoms with Gasteiger partial charge in [-0.15, -0.1) is 11.6 Å². The summed E-state index contributed by atoms with van der Waals surface area (Å²) in [6.07, 6.45) is 1.66. The Hall–Kier alpha value is -1.49. The number of nitro groups is 1. The molecule has 0 unspecified atom stereocenters. The van der Waals surface area contributed by atoms with Crippen LogP contribution in [0.1, 0.15) is 32.3 Å². The molecule has 0 spiro atoms. The van der Waals surface area contributed by atoms with Crippen LogP contribution >= 0.6 is 11.6 Å². The largest absolute Gasteiger partial charge is 0.493 e. The van der Waals surface area contributed by atoms with Crippen molar-refractivity contribution in [3.8, 4) is 11.5 Å². The normalized spacial score (nSPS) is 10.6. The zero-order valence-electron chi connectivity index (χ0n) is 11.3. The van der Waals surface area contributed by atoms with Crippen LogP contribution in [0.4, 0.5) is 5.69 Å². The molecule has 0 heterocycles. The van der Waals surface area contributed by atoms with Crippen LogP contribution < -0.4 is 9.47 Å². The fourth-order valence-electron chi connectivity index (χ4n) is 1.75. The van der Waals surface area contributed by atoms with E-state index in [0.717, 1.165) is 12.8 Å². The molecule has 0 saturated heterocycles. The molecule has 0 bridgehead atoms. The number of nitro benzene ring substituents is 1. The van der Waals surface area contributed by atoms with Crippen LogP contribution in [-0.4, -0.2) is 18.1 Å². The molecule has 19 heavy (non-hydrogen) atoms. The molecule has 0 fully saturated rings. The third-order valence-electron chi connectivity index (χ3n) is 2.91. The molecule has 0 saturated carbocycles. The number of rotatable bonds is 7. The first kappa shape index (κ1) is 15.6. The highest BCUT2D eigenvalue weighted by atomic mass is 35.5. The summed E-state index contributed by atoms with van der Waals surface area (Å²) in [6.45, 7) is 4.00. The van der Waals surface area contributed by atoms with E-state index in [0.29, 0.717) is 17.1 Å². The summed E-state index contributed by atoms with van der Waals surface area (Å²) >= 11 is 5.72.